The number of phosphoric acid groups is 1. The zero-order valence-corrected chi connectivity index (χ0v) is 19.4. The number of ether oxygens (including phenoxy) is 1. The number of benzene rings is 1. The zero-order valence-electron chi connectivity index (χ0n) is 18.5. The molecule has 2 unspecified atom stereocenters. The van der Waals surface area contributed by atoms with Crippen molar-refractivity contribution in [3.8, 4) is 11.1 Å². The fraction of sp³-hybridized carbons (Fsp3) is 0.318. The Balaban J connectivity index is 1.61. The summed E-state index contributed by atoms with van der Waals surface area (Å²) in [6.45, 7) is 1.09. The highest BCUT2D eigenvalue weighted by molar-refractivity contribution is 7.46. The number of phosphoric ester groups is 1. The third kappa shape index (κ3) is 5.65. The van der Waals surface area contributed by atoms with E-state index in [-0.39, 0.29) is 6.54 Å². The van der Waals surface area contributed by atoms with Crippen LogP contribution in [-0.2, 0) is 20.4 Å². The molecule has 3 heterocycles. The predicted octanol–water partition coefficient (Wildman–Crippen LogP) is 0.157. The molecular formula is C22H24N3O9P. The van der Waals surface area contributed by atoms with Crippen LogP contribution in [0.25, 0.3) is 11.1 Å². The SMILES string of the molecule is Cc1cccc(-c2ccnc(Cn3c(=O)ccn([C@@H]4O[C@H](COP(=O)(O)O)C(O)C4O)c3=O)c2)c1. The molecule has 0 spiro atoms. The standard InChI is InChI=1S/C22H24N3O9P/c1-13-3-2-4-14(9-13)15-5-7-23-16(10-15)11-25-18(26)6-8-24(22(25)29)21-20(28)19(27)17(34-21)12-33-35(30,31)32/h2-10,17,19-21,27-28H,11-12H2,1H3,(H2,30,31,32)/t17-,19?,20?,21-/m1/s1. The lowest BCUT2D eigenvalue weighted by atomic mass is 10.0. The lowest BCUT2D eigenvalue weighted by molar-refractivity contribution is -0.0548. The molecule has 12 nitrogen and oxygen atoms in total. The summed E-state index contributed by atoms with van der Waals surface area (Å²) in [6.07, 6.45) is -3.25. The van der Waals surface area contributed by atoms with Crippen LogP contribution in [0.5, 0.6) is 0 Å². The molecule has 1 aliphatic rings. The van der Waals surface area contributed by atoms with E-state index in [1.165, 1.54) is 0 Å². The van der Waals surface area contributed by atoms with Crippen LogP contribution in [0.4, 0.5) is 0 Å². The van der Waals surface area contributed by atoms with Gasteiger partial charge in [0.15, 0.2) is 6.23 Å². The number of nitrogens with zero attached hydrogens (tertiary/aromatic N) is 3. The van der Waals surface area contributed by atoms with E-state index in [1.54, 1.807) is 12.3 Å². The van der Waals surface area contributed by atoms with Gasteiger partial charge in [0, 0.05) is 18.5 Å². The van der Waals surface area contributed by atoms with Gasteiger partial charge >= 0.3 is 13.5 Å². The van der Waals surface area contributed by atoms with Crippen LogP contribution in [0.3, 0.4) is 0 Å². The molecule has 1 aliphatic heterocycles. The summed E-state index contributed by atoms with van der Waals surface area (Å²) in [5.74, 6) is 0. The summed E-state index contributed by atoms with van der Waals surface area (Å²) in [5.41, 5.74) is 1.89. The lowest BCUT2D eigenvalue weighted by Crippen LogP contribution is -2.43. The molecular weight excluding hydrogens is 481 g/mol. The van der Waals surface area contributed by atoms with Gasteiger partial charge in [-0.15, -0.1) is 0 Å². The number of hydrogen-bond donors (Lipinski definition) is 4. The van der Waals surface area contributed by atoms with E-state index in [1.807, 2.05) is 37.3 Å². The summed E-state index contributed by atoms with van der Waals surface area (Å²) in [7, 11) is -4.84. The van der Waals surface area contributed by atoms with Gasteiger partial charge in [0.25, 0.3) is 5.56 Å². The number of aromatic nitrogens is 3. The van der Waals surface area contributed by atoms with Gasteiger partial charge in [-0.2, -0.15) is 0 Å². The Labute approximate surface area is 198 Å². The van der Waals surface area contributed by atoms with Crippen LogP contribution in [-0.4, -0.2) is 59.0 Å². The number of aliphatic hydroxyl groups excluding tert-OH is 2. The minimum atomic E-state index is -4.84. The highest BCUT2D eigenvalue weighted by Gasteiger charge is 2.45. The first-order valence-electron chi connectivity index (χ1n) is 10.6. The van der Waals surface area contributed by atoms with Crippen molar-refractivity contribution in [3.05, 3.63) is 87.0 Å². The first kappa shape index (κ1) is 25.1. The third-order valence-electron chi connectivity index (χ3n) is 5.60. The van der Waals surface area contributed by atoms with E-state index >= 15 is 0 Å². The van der Waals surface area contributed by atoms with Crippen LogP contribution < -0.4 is 11.2 Å². The molecule has 13 heteroatoms. The van der Waals surface area contributed by atoms with Crippen LogP contribution in [0.2, 0.25) is 0 Å². The highest BCUT2D eigenvalue weighted by Crippen LogP contribution is 2.38. The van der Waals surface area contributed by atoms with Crippen LogP contribution in [0.15, 0.2) is 64.4 Å². The maximum atomic E-state index is 13.1. The number of pyridine rings is 1. The fourth-order valence-corrected chi connectivity index (χ4v) is 4.21. The highest BCUT2D eigenvalue weighted by atomic mass is 31.2. The van der Waals surface area contributed by atoms with E-state index in [4.69, 9.17) is 14.5 Å². The third-order valence-corrected chi connectivity index (χ3v) is 6.09. The van der Waals surface area contributed by atoms with Crippen molar-refractivity contribution in [2.24, 2.45) is 0 Å². The van der Waals surface area contributed by atoms with E-state index in [0.717, 1.165) is 38.1 Å². The second kappa shape index (κ2) is 9.96. The maximum Gasteiger partial charge on any atom is 0.469 e. The molecule has 0 saturated carbocycles. The Morgan fingerprint density at radius 3 is 2.54 bits per heavy atom. The van der Waals surface area contributed by atoms with Crippen molar-refractivity contribution in [2.45, 2.75) is 38.0 Å². The van der Waals surface area contributed by atoms with Gasteiger partial charge in [-0.1, -0.05) is 29.8 Å². The van der Waals surface area contributed by atoms with E-state index in [9.17, 15) is 24.4 Å². The quantitative estimate of drug-likeness (QED) is 0.324. The average Bonchev–Trinajstić information content (AvgIpc) is 3.09. The van der Waals surface area contributed by atoms with Gasteiger partial charge in [-0.25, -0.2) is 9.36 Å². The Bertz CT molecular complexity index is 1380. The minimum Gasteiger partial charge on any atom is -0.387 e. The first-order chi connectivity index (χ1) is 16.5. The van der Waals surface area contributed by atoms with Crippen molar-refractivity contribution < 1.29 is 33.8 Å². The van der Waals surface area contributed by atoms with Crippen molar-refractivity contribution >= 4 is 7.82 Å². The fourth-order valence-electron chi connectivity index (χ4n) is 3.87. The van der Waals surface area contributed by atoms with Gasteiger partial charge in [0.2, 0.25) is 0 Å². The Morgan fingerprint density at radius 1 is 1.09 bits per heavy atom. The normalized spacial score (nSPS) is 22.4. The van der Waals surface area contributed by atoms with E-state index in [2.05, 4.69) is 9.51 Å². The molecule has 186 valence electrons. The Kier molecular flexibility index (Phi) is 7.15. The molecule has 0 radical (unpaired) electrons. The molecule has 4 rings (SSSR count). The van der Waals surface area contributed by atoms with Gasteiger partial charge < -0.3 is 24.7 Å². The van der Waals surface area contributed by atoms with Gasteiger partial charge in [-0.3, -0.25) is 23.4 Å². The van der Waals surface area contributed by atoms with Crippen molar-refractivity contribution in [2.75, 3.05) is 6.61 Å². The van der Waals surface area contributed by atoms with E-state index in [0.29, 0.717) is 5.69 Å². The van der Waals surface area contributed by atoms with Crippen molar-refractivity contribution in [3.63, 3.8) is 0 Å². The molecule has 1 saturated heterocycles. The molecule has 0 amide bonds. The second-order valence-corrected chi connectivity index (χ2v) is 9.41. The summed E-state index contributed by atoms with van der Waals surface area (Å²) in [6, 6.07) is 12.5. The lowest BCUT2D eigenvalue weighted by Gasteiger charge is -2.18. The Morgan fingerprint density at radius 2 is 1.83 bits per heavy atom. The van der Waals surface area contributed by atoms with Crippen LogP contribution >= 0.6 is 7.82 Å². The second-order valence-electron chi connectivity index (χ2n) is 8.17. The van der Waals surface area contributed by atoms with Crippen LogP contribution in [0, 0.1) is 6.92 Å². The molecule has 2 aromatic heterocycles. The largest absolute Gasteiger partial charge is 0.469 e. The number of rotatable bonds is 7. The summed E-state index contributed by atoms with van der Waals surface area (Å²) < 4.78 is 22.6. The monoisotopic (exact) mass is 505 g/mol. The molecule has 0 aliphatic carbocycles. The molecule has 35 heavy (non-hydrogen) atoms. The minimum absolute atomic E-state index is 0.158. The van der Waals surface area contributed by atoms with Gasteiger partial charge in [0.1, 0.15) is 18.3 Å². The first-order valence-corrected chi connectivity index (χ1v) is 12.1. The van der Waals surface area contributed by atoms with Crippen LogP contribution in [0.1, 0.15) is 17.5 Å². The molecule has 4 atom stereocenters. The van der Waals surface area contributed by atoms with Gasteiger partial charge in [0.05, 0.1) is 18.8 Å². The molecule has 3 aromatic rings. The summed E-state index contributed by atoms with van der Waals surface area (Å²) in [4.78, 5) is 47.6. The Hall–Kier alpha value is -2.96. The van der Waals surface area contributed by atoms with E-state index < -0.39 is 50.2 Å². The molecule has 0 bridgehead atoms. The van der Waals surface area contributed by atoms with Crippen molar-refractivity contribution in [1.29, 1.82) is 0 Å². The average molecular weight is 505 g/mol. The smallest absolute Gasteiger partial charge is 0.387 e. The zero-order chi connectivity index (χ0) is 25.3. The number of aliphatic hydroxyl groups is 2. The molecule has 1 aromatic carbocycles. The predicted molar refractivity (Wildman–Crippen MR) is 122 cm³/mol. The van der Waals surface area contributed by atoms with Crippen molar-refractivity contribution in [1.82, 2.24) is 14.1 Å². The summed E-state index contributed by atoms with van der Waals surface area (Å²) >= 11 is 0. The molecule has 1 fully saturated rings. The number of aryl methyl sites for hydroxylation is 1. The number of hydrogen-bond acceptors (Lipinski definition) is 8. The van der Waals surface area contributed by atoms with Gasteiger partial charge in [-0.05, 0) is 30.2 Å². The maximum absolute atomic E-state index is 13.1. The molecule has 4 N–H and O–H groups in total. The topological polar surface area (TPSA) is 173 Å². The summed E-state index contributed by atoms with van der Waals surface area (Å²) in [5, 5.41) is 20.6.